The van der Waals surface area contributed by atoms with E-state index in [2.05, 4.69) is 20.7 Å². The van der Waals surface area contributed by atoms with Crippen molar-refractivity contribution in [3.63, 3.8) is 0 Å². The number of ether oxygens (including phenoxy) is 1. The molecule has 10 heteroatoms. The molecule has 0 saturated heterocycles. The molecular formula is C7H10BrF3O5S. The summed E-state index contributed by atoms with van der Waals surface area (Å²) in [5.41, 5.74) is 0. The van der Waals surface area contributed by atoms with Crippen molar-refractivity contribution in [3.8, 4) is 0 Å². The normalized spacial score (nSPS) is 15.5. The van der Waals surface area contributed by atoms with Crippen LogP contribution in [0.1, 0.15) is 13.8 Å². The molecule has 0 aliphatic carbocycles. The van der Waals surface area contributed by atoms with E-state index in [4.69, 9.17) is 4.55 Å². The van der Waals surface area contributed by atoms with Crippen LogP contribution in [0.3, 0.4) is 0 Å². The van der Waals surface area contributed by atoms with Gasteiger partial charge < -0.3 is 4.74 Å². The summed E-state index contributed by atoms with van der Waals surface area (Å²) in [5, 5.41) is 0. The second-order valence-corrected chi connectivity index (χ2v) is 7.14. The van der Waals surface area contributed by atoms with Crippen LogP contribution in [-0.2, 0) is 19.6 Å². The molecule has 0 fully saturated rings. The van der Waals surface area contributed by atoms with E-state index in [1.165, 1.54) is 13.8 Å². The van der Waals surface area contributed by atoms with Crippen molar-refractivity contribution in [1.29, 1.82) is 0 Å². The molecule has 0 radical (unpaired) electrons. The molecule has 0 saturated carbocycles. The van der Waals surface area contributed by atoms with Gasteiger partial charge in [-0.2, -0.15) is 21.6 Å². The van der Waals surface area contributed by atoms with Crippen LogP contribution in [0.25, 0.3) is 0 Å². The van der Waals surface area contributed by atoms with Crippen LogP contribution in [0, 0.1) is 0 Å². The third kappa shape index (κ3) is 6.84. The van der Waals surface area contributed by atoms with Gasteiger partial charge >= 0.3 is 12.1 Å². The highest BCUT2D eigenvalue weighted by atomic mass is 79.9. The SMILES string of the molecule is CC(C)(Br)C(=O)OC(CS(=O)(=O)O)C(F)(F)F. The number of hydrogen-bond donors (Lipinski definition) is 1. The summed E-state index contributed by atoms with van der Waals surface area (Å²) in [4.78, 5) is 11.2. The van der Waals surface area contributed by atoms with Crippen molar-refractivity contribution in [1.82, 2.24) is 0 Å². The summed E-state index contributed by atoms with van der Waals surface area (Å²) in [6.45, 7) is 2.46. The van der Waals surface area contributed by atoms with Gasteiger partial charge in [-0.15, -0.1) is 0 Å². The van der Waals surface area contributed by atoms with Crippen molar-refractivity contribution in [3.05, 3.63) is 0 Å². The quantitative estimate of drug-likeness (QED) is 0.476. The van der Waals surface area contributed by atoms with Gasteiger partial charge in [-0.25, -0.2) is 0 Å². The Hall–Kier alpha value is -0.350. The topological polar surface area (TPSA) is 80.7 Å². The van der Waals surface area contributed by atoms with Crippen molar-refractivity contribution in [2.75, 3.05) is 5.75 Å². The van der Waals surface area contributed by atoms with Crippen LogP contribution in [0.15, 0.2) is 0 Å². The highest BCUT2D eigenvalue weighted by Crippen LogP contribution is 2.27. The van der Waals surface area contributed by atoms with E-state index in [9.17, 15) is 26.4 Å². The number of carbonyl (C=O) groups is 1. The highest BCUT2D eigenvalue weighted by molar-refractivity contribution is 9.10. The lowest BCUT2D eigenvalue weighted by molar-refractivity contribution is -0.216. The molecule has 0 heterocycles. The van der Waals surface area contributed by atoms with E-state index >= 15 is 0 Å². The van der Waals surface area contributed by atoms with Crippen molar-refractivity contribution in [2.24, 2.45) is 0 Å². The zero-order valence-corrected chi connectivity index (χ0v) is 11.2. The van der Waals surface area contributed by atoms with Gasteiger partial charge in [-0.05, 0) is 13.8 Å². The number of rotatable bonds is 4. The van der Waals surface area contributed by atoms with Gasteiger partial charge in [0, 0.05) is 0 Å². The molecular weight excluding hydrogens is 333 g/mol. The predicted molar refractivity (Wildman–Crippen MR) is 55.4 cm³/mol. The lowest BCUT2D eigenvalue weighted by Gasteiger charge is -2.23. The Morgan fingerprint density at radius 1 is 1.41 bits per heavy atom. The van der Waals surface area contributed by atoms with E-state index in [-0.39, 0.29) is 0 Å². The van der Waals surface area contributed by atoms with Crippen molar-refractivity contribution in [2.45, 2.75) is 30.5 Å². The summed E-state index contributed by atoms with van der Waals surface area (Å²) in [6, 6.07) is 0. The molecule has 0 aromatic carbocycles. The van der Waals surface area contributed by atoms with E-state index in [1.807, 2.05) is 0 Å². The fourth-order valence-corrected chi connectivity index (χ4v) is 1.39. The van der Waals surface area contributed by atoms with Crippen molar-refractivity contribution >= 4 is 32.0 Å². The number of hydrogen-bond acceptors (Lipinski definition) is 4. The Morgan fingerprint density at radius 3 is 2.06 bits per heavy atom. The number of alkyl halides is 4. The molecule has 17 heavy (non-hydrogen) atoms. The Labute approximate surface area is 104 Å². The third-order valence-corrected chi connectivity index (χ3v) is 2.51. The monoisotopic (exact) mass is 342 g/mol. The molecule has 5 nitrogen and oxygen atoms in total. The van der Waals surface area contributed by atoms with Crippen LogP contribution < -0.4 is 0 Å². The third-order valence-electron chi connectivity index (χ3n) is 1.46. The van der Waals surface area contributed by atoms with Crippen LogP contribution in [0.2, 0.25) is 0 Å². The van der Waals surface area contributed by atoms with Crippen LogP contribution >= 0.6 is 15.9 Å². The van der Waals surface area contributed by atoms with E-state index in [1.54, 1.807) is 0 Å². The summed E-state index contributed by atoms with van der Waals surface area (Å²) >= 11 is 2.76. The second kappa shape index (κ2) is 5.11. The van der Waals surface area contributed by atoms with Gasteiger partial charge in [0.05, 0.1) is 0 Å². The van der Waals surface area contributed by atoms with Gasteiger partial charge in [0.25, 0.3) is 10.1 Å². The van der Waals surface area contributed by atoms with Crippen LogP contribution in [-0.4, -0.2) is 41.3 Å². The first-order valence-electron chi connectivity index (χ1n) is 4.15. The average Bonchev–Trinajstić information content (AvgIpc) is 1.96. The molecule has 0 aliphatic heterocycles. The van der Waals surface area contributed by atoms with Crippen LogP contribution in [0.5, 0.6) is 0 Å². The molecule has 0 spiro atoms. The number of carbonyl (C=O) groups excluding carboxylic acids is 1. The van der Waals surface area contributed by atoms with Gasteiger partial charge in [-0.3, -0.25) is 9.35 Å². The lowest BCUT2D eigenvalue weighted by Crippen LogP contribution is -2.42. The molecule has 0 aliphatic rings. The van der Waals surface area contributed by atoms with E-state index < -0.39 is 38.4 Å². The minimum atomic E-state index is -5.08. The summed E-state index contributed by atoms with van der Waals surface area (Å²) < 4.78 is 68.7. The molecule has 0 bridgehead atoms. The summed E-state index contributed by atoms with van der Waals surface area (Å²) in [5.74, 6) is -3.02. The molecule has 1 atom stereocenters. The van der Waals surface area contributed by atoms with E-state index in [0.717, 1.165) is 0 Å². The Morgan fingerprint density at radius 2 is 1.82 bits per heavy atom. The van der Waals surface area contributed by atoms with Gasteiger partial charge in [0.15, 0.2) is 0 Å². The maximum Gasteiger partial charge on any atom is 0.426 e. The Bertz CT molecular complexity index is 383. The fraction of sp³-hybridized carbons (Fsp3) is 0.857. The standard InChI is InChI=1S/C7H10BrF3O5S/c1-6(2,8)5(12)16-4(7(9,10)11)3-17(13,14)15/h4H,3H2,1-2H3,(H,13,14,15). The van der Waals surface area contributed by atoms with Gasteiger partial charge in [0.2, 0.25) is 6.10 Å². The second-order valence-electron chi connectivity index (χ2n) is 3.66. The first-order chi connectivity index (χ1) is 7.23. The summed E-state index contributed by atoms with van der Waals surface area (Å²) in [6.07, 6.45) is -7.98. The maximum atomic E-state index is 12.3. The predicted octanol–water partition coefficient (Wildman–Crippen LogP) is 1.52. The largest absolute Gasteiger partial charge is 0.450 e. The van der Waals surface area contributed by atoms with Crippen molar-refractivity contribution < 1.29 is 35.7 Å². The molecule has 1 unspecified atom stereocenters. The molecule has 0 amide bonds. The lowest BCUT2D eigenvalue weighted by atomic mass is 10.2. The molecule has 102 valence electrons. The fourth-order valence-electron chi connectivity index (χ4n) is 0.656. The minimum absolute atomic E-state index is 1.23. The highest BCUT2D eigenvalue weighted by Gasteiger charge is 2.46. The average molecular weight is 343 g/mol. The smallest absolute Gasteiger partial charge is 0.426 e. The van der Waals surface area contributed by atoms with E-state index in [0.29, 0.717) is 0 Å². The Kier molecular flexibility index (Phi) is 5.00. The number of halogens is 4. The maximum absolute atomic E-state index is 12.3. The number of esters is 1. The minimum Gasteiger partial charge on any atom is -0.450 e. The molecule has 0 rings (SSSR count). The van der Waals surface area contributed by atoms with Gasteiger partial charge in [-0.1, -0.05) is 15.9 Å². The molecule has 0 aromatic heterocycles. The van der Waals surface area contributed by atoms with Gasteiger partial charge in [0.1, 0.15) is 10.1 Å². The molecule has 0 aromatic rings. The van der Waals surface area contributed by atoms with Crippen LogP contribution in [0.4, 0.5) is 13.2 Å². The first-order valence-corrected chi connectivity index (χ1v) is 6.55. The summed E-state index contributed by atoms with van der Waals surface area (Å²) in [7, 11) is -4.91. The first kappa shape index (κ1) is 16.6. The zero-order valence-electron chi connectivity index (χ0n) is 8.78. The Balaban J connectivity index is 4.94. The zero-order chi connectivity index (χ0) is 14.1. The molecule has 1 N–H and O–H groups in total.